The fourth-order valence-corrected chi connectivity index (χ4v) is 2.18. The van der Waals surface area contributed by atoms with Gasteiger partial charge < -0.3 is 0 Å². The van der Waals surface area contributed by atoms with Crippen LogP contribution in [-0.2, 0) is 0 Å². The van der Waals surface area contributed by atoms with Crippen LogP contribution in [0.5, 0.6) is 0 Å². The fraction of sp³-hybridized carbons (Fsp3) is 0.400. The van der Waals surface area contributed by atoms with E-state index in [1.165, 1.54) is 17.4 Å². The van der Waals surface area contributed by atoms with Crippen LogP contribution in [-0.4, -0.2) is 4.98 Å². The zero-order valence-corrected chi connectivity index (χ0v) is 11.1. The van der Waals surface area contributed by atoms with Crippen molar-refractivity contribution >= 4 is 10.9 Å². The summed E-state index contributed by atoms with van der Waals surface area (Å²) in [6.45, 7) is 4.47. The molecule has 1 aromatic carbocycles. The summed E-state index contributed by atoms with van der Waals surface area (Å²) in [5, 5.41) is 1.17. The smallest absolute Gasteiger partial charge is 0.0702 e. The maximum Gasteiger partial charge on any atom is 0.0702 e. The molecule has 0 bridgehead atoms. The number of nitrogens with zero attached hydrogens (tertiary/aromatic N) is 1. The third-order valence-corrected chi connectivity index (χ3v) is 3.57. The summed E-state index contributed by atoms with van der Waals surface area (Å²) in [4.78, 5) is 4.33. The van der Waals surface area contributed by atoms with Crippen LogP contribution in [0.15, 0.2) is 36.5 Å². The number of benzene rings is 1. The number of hydrogen-bond donors (Lipinski definition) is 2. The van der Waals surface area contributed by atoms with Crippen molar-refractivity contribution in [3.63, 3.8) is 0 Å². The summed E-state index contributed by atoms with van der Waals surface area (Å²) in [5.41, 5.74) is 5.19. The molecule has 2 unspecified atom stereocenters. The van der Waals surface area contributed by atoms with Gasteiger partial charge in [-0.2, -0.15) is 0 Å². The van der Waals surface area contributed by atoms with Gasteiger partial charge in [0.15, 0.2) is 0 Å². The topological polar surface area (TPSA) is 50.9 Å². The molecule has 2 aromatic rings. The Labute approximate surface area is 108 Å². The maximum absolute atomic E-state index is 5.69. The molecule has 96 valence electrons. The van der Waals surface area contributed by atoms with Gasteiger partial charge in [-0.1, -0.05) is 32.4 Å². The van der Waals surface area contributed by atoms with E-state index in [0.29, 0.717) is 5.92 Å². The van der Waals surface area contributed by atoms with E-state index in [0.717, 1.165) is 11.9 Å². The molecule has 0 fully saturated rings. The second-order valence-electron chi connectivity index (χ2n) is 4.92. The van der Waals surface area contributed by atoms with E-state index in [4.69, 9.17) is 5.84 Å². The van der Waals surface area contributed by atoms with Crippen molar-refractivity contribution in [2.75, 3.05) is 0 Å². The quantitative estimate of drug-likeness (QED) is 0.626. The van der Waals surface area contributed by atoms with Crippen molar-refractivity contribution in [1.29, 1.82) is 0 Å². The number of rotatable bonds is 5. The van der Waals surface area contributed by atoms with Gasteiger partial charge in [0, 0.05) is 17.6 Å². The van der Waals surface area contributed by atoms with Crippen molar-refractivity contribution in [3.05, 3.63) is 42.1 Å². The number of nitrogens with two attached hydrogens (primary N) is 1. The van der Waals surface area contributed by atoms with Crippen molar-refractivity contribution < 1.29 is 0 Å². The van der Waals surface area contributed by atoms with Gasteiger partial charge in [0.25, 0.3) is 0 Å². The molecular formula is C15H21N3. The zero-order chi connectivity index (χ0) is 13.0. The molecule has 1 heterocycles. The first-order chi connectivity index (χ1) is 8.74. The first-order valence-corrected chi connectivity index (χ1v) is 6.55. The van der Waals surface area contributed by atoms with E-state index in [-0.39, 0.29) is 6.04 Å². The van der Waals surface area contributed by atoms with Gasteiger partial charge in [-0.3, -0.25) is 16.3 Å². The molecule has 0 saturated heterocycles. The van der Waals surface area contributed by atoms with Gasteiger partial charge in [-0.05, 0) is 36.1 Å². The van der Waals surface area contributed by atoms with E-state index >= 15 is 0 Å². The van der Waals surface area contributed by atoms with Gasteiger partial charge >= 0.3 is 0 Å². The molecule has 0 aliphatic heterocycles. The van der Waals surface area contributed by atoms with Crippen molar-refractivity contribution in [1.82, 2.24) is 10.4 Å². The molecule has 3 nitrogen and oxygen atoms in total. The predicted molar refractivity (Wildman–Crippen MR) is 75.9 cm³/mol. The third kappa shape index (κ3) is 2.86. The lowest BCUT2D eigenvalue weighted by Gasteiger charge is -2.20. The number of nitrogens with one attached hydrogen (secondary N) is 1. The maximum atomic E-state index is 5.69. The van der Waals surface area contributed by atoms with Crippen LogP contribution in [0.25, 0.3) is 10.9 Å². The summed E-state index contributed by atoms with van der Waals surface area (Å²) in [5.74, 6) is 6.35. The monoisotopic (exact) mass is 243 g/mol. The van der Waals surface area contributed by atoms with Crippen molar-refractivity contribution in [2.45, 2.75) is 32.7 Å². The number of hydrazine groups is 1. The van der Waals surface area contributed by atoms with Crippen LogP contribution in [0, 0.1) is 5.92 Å². The van der Waals surface area contributed by atoms with E-state index in [1.807, 2.05) is 12.3 Å². The Hall–Kier alpha value is -1.45. The van der Waals surface area contributed by atoms with E-state index in [1.54, 1.807) is 0 Å². The minimum Gasteiger partial charge on any atom is -0.271 e. The highest BCUT2D eigenvalue weighted by molar-refractivity contribution is 5.79. The summed E-state index contributed by atoms with van der Waals surface area (Å²) < 4.78 is 0. The molecule has 2 rings (SSSR count). The standard InChI is InChI=1S/C15H21N3/c1-3-11(2)9-15(18-16)13-6-7-14-12(10-13)5-4-8-17-14/h4-8,10-11,15,18H,3,9,16H2,1-2H3. The fourth-order valence-electron chi connectivity index (χ4n) is 2.18. The summed E-state index contributed by atoms with van der Waals surface area (Å²) in [6.07, 6.45) is 4.05. The molecule has 0 saturated carbocycles. The van der Waals surface area contributed by atoms with Gasteiger partial charge in [0.1, 0.15) is 0 Å². The molecule has 3 N–H and O–H groups in total. The lowest BCUT2D eigenvalue weighted by Crippen LogP contribution is -2.29. The average Bonchev–Trinajstić information content (AvgIpc) is 2.44. The number of pyridine rings is 1. The Bertz CT molecular complexity index is 510. The molecule has 18 heavy (non-hydrogen) atoms. The highest BCUT2D eigenvalue weighted by atomic mass is 15.2. The molecule has 0 aliphatic carbocycles. The van der Waals surface area contributed by atoms with Gasteiger partial charge in [0.05, 0.1) is 5.52 Å². The molecule has 0 spiro atoms. The van der Waals surface area contributed by atoms with Crippen LogP contribution in [0.4, 0.5) is 0 Å². The zero-order valence-electron chi connectivity index (χ0n) is 11.1. The summed E-state index contributed by atoms with van der Waals surface area (Å²) >= 11 is 0. The van der Waals surface area contributed by atoms with Gasteiger partial charge in [0.2, 0.25) is 0 Å². The van der Waals surface area contributed by atoms with E-state index < -0.39 is 0 Å². The van der Waals surface area contributed by atoms with Gasteiger partial charge in [-0.25, -0.2) is 0 Å². The Kier molecular flexibility index (Phi) is 4.28. The Balaban J connectivity index is 2.27. The molecule has 0 amide bonds. The lowest BCUT2D eigenvalue weighted by atomic mass is 9.94. The second kappa shape index (κ2) is 5.94. The highest BCUT2D eigenvalue weighted by Crippen LogP contribution is 2.24. The van der Waals surface area contributed by atoms with Crippen molar-refractivity contribution in [2.24, 2.45) is 11.8 Å². The normalized spacial score (nSPS) is 14.6. The SMILES string of the molecule is CCC(C)CC(NN)c1ccc2ncccc2c1. The van der Waals surface area contributed by atoms with E-state index in [9.17, 15) is 0 Å². The van der Waals surface area contributed by atoms with Crippen LogP contribution < -0.4 is 11.3 Å². The average molecular weight is 243 g/mol. The van der Waals surface area contributed by atoms with E-state index in [2.05, 4.69) is 48.5 Å². The summed E-state index contributed by atoms with van der Waals surface area (Å²) in [7, 11) is 0. The number of fused-ring (bicyclic) bond motifs is 1. The highest BCUT2D eigenvalue weighted by Gasteiger charge is 2.13. The molecule has 1 aromatic heterocycles. The molecule has 3 heteroatoms. The predicted octanol–water partition coefficient (Wildman–Crippen LogP) is 3.18. The Morgan fingerprint density at radius 3 is 2.89 bits per heavy atom. The van der Waals surface area contributed by atoms with Crippen LogP contribution in [0.2, 0.25) is 0 Å². The first kappa shape index (κ1) is 13.0. The Morgan fingerprint density at radius 2 is 2.17 bits per heavy atom. The second-order valence-corrected chi connectivity index (χ2v) is 4.92. The molecular weight excluding hydrogens is 222 g/mol. The largest absolute Gasteiger partial charge is 0.271 e. The Morgan fingerprint density at radius 1 is 1.33 bits per heavy atom. The lowest BCUT2D eigenvalue weighted by molar-refractivity contribution is 0.408. The number of aromatic nitrogens is 1. The minimum atomic E-state index is 0.213. The minimum absolute atomic E-state index is 0.213. The molecule has 0 aliphatic rings. The van der Waals surface area contributed by atoms with Crippen LogP contribution in [0.1, 0.15) is 38.3 Å². The van der Waals surface area contributed by atoms with Crippen molar-refractivity contribution in [3.8, 4) is 0 Å². The third-order valence-electron chi connectivity index (χ3n) is 3.57. The van der Waals surface area contributed by atoms with Crippen LogP contribution >= 0.6 is 0 Å². The molecule has 0 radical (unpaired) electrons. The molecule has 2 atom stereocenters. The van der Waals surface area contributed by atoms with Crippen LogP contribution in [0.3, 0.4) is 0 Å². The van der Waals surface area contributed by atoms with Gasteiger partial charge in [-0.15, -0.1) is 0 Å². The first-order valence-electron chi connectivity index (χ1n) is 6.55. The number of hydrogen-bond acceptors (Lipinski definition) is 3. The summed E-state index contributed by atoms with van der Waals surface area (Å²) in [6, 6.07) is 10.6.